The molecule has 0 radical (unpaired) electrons. The Labute approximate surface area is 107 Å². The fraction of sp³-hybridized carbons (Fsp3) is 0.308. The molecule has 96 valence electrons. The largest absolute Gasteiger partial charge is 0.263 e. The molecule has 0 aliphatic carbocycles. The van der Waals surface area contributed by atoms with Crippen molar-refractivity contribution in [2.75, 3.05) is 13.1 Å². The first kappa shape index (κ1) is 13.0. The van der Waals surface area contributed by atoms with Crippen LogP contribution in [-0.2, 0) is 10.0 Å². The van der Waals surface area contributed by atoms with E-state index in [0.717, 1.165) is 10.8 Å². The third-order valence-electron chi connectivity index (χ3n) is 2.95. The van der Waals surface area contributed by atoms with Crippen LogP contribution in [-0.4, -0.2) is 30.8 Å². The van der Waals surface area contributed by atoms with E-state index in [9.17, 15) is 8.42 Å². The van der Waals surface area contributed by atoms with Gasteiger partial charge in [-0.3, -0.25) is 4.98 Å². The molecule has 1 heterocycles. The van der Waals surface area contributed by atoms with E-state index in [0.29, 0.717) is 13.1 Å². The topological polar surface area (TPSA) is 50.3 Å². The van der Waals surface area contributed by atoms with E-state index < -0.39 is 10.0 Å². The lowest BCUT2D eigenvalue weighted by molar-refractivity contribution is 0.445. The van der Waals surface area contributed by atoms with Gasteiger partial charge >= 0.3 is 0 Å². The smallest absolute Gasteiger partial charge is 0.245 e. The van der Waals surface area contributed by atoms with Crippen molar-refractivity contribution >= 4 is 20.8 Å². The summed E-state index contributed by atoms with van der Waals surface area (Å²) < 4.78 is 26.4. The summed E-state index contributed by atoms with van der Waals surface area (Å²) in [6.45, 7) is 4.59. The Balaban J connectivity index is 2.68. The van der Waals surface area contributed by atoms with Crippen LogP contribution in [0, 0.1) is 0 Å². The van der Waals surface area contributed by atoms with Crippen LogP contribution in [0.1, 0.15) is 13.8 Å². The zero-order valence-corrected chi connectivity index (χ0v) is 11.3. The normalized spacial score (nSPS) is 12.2. The monoisotopic (exact) mass is 264 g/mol. The van der Waals surface area contributed by atoms with Crippen molar-refractivity contribution in [1.82, 2.24) is 9.29 Å². The molecule has 1 aromatic heterocycles. The van der Waals surface area contributed by atoms with Crippen molar-refractivity contribution in [3.05, 3.63) is 36.7 Å². The fourth-order valence-electron chi connectivity index (χ4n) is 2.00. The summed E-state index contributed by atoms with van der Waals surface area (Å²) in [4.78, 5) is 4.31. The summed E-state index contributed by atoms with van der Waals surface area (Å²) in [5, 5.41) is 1.56. The third-order valence-corrected chi connectivity index (χ3v) is 5.03. The molecule has 18 heavy (non-hydrogen) atoms. The van der Waals surface area contributed by atoms with Gasteiger partial charge in [0.2, 0.25) is 10.0 Å². The molecule has 0 atom stereocenters. The molecule has 0 fully saturated rings. The van der Waals surface area contributed by atoms with Crippen LogP contribution >= 0.6 is 0 Å². The molecule has 0 amide bonds. The maximum absolute atomic E-state index is 12.5. The van der Waals surface area contributed by atoms with Gasteiger partial charge in [0, 0.05) is 36.3 Å². The Morgan fingerprint density at radius 3 is 2.44 bits per heavy atom. The van der Waals surface area contributed by atoms with Crippen molar-refractivity contribution in [3.8, 4) is 0 Å². The number of rotatable bonds is 4. The van der Waals surface area contributed by atoms with Gasteiger partial charge in [-0.15, -0.1) is 0 Å². The van der Waals surface area contributed by atoms with Crippen molar-refractivity contribution in [2.24, 2.45) is 0 Å². The van der Waals surface area contributed by atoms with Gasteiger partial charge in [-0.05, 0) is 0 Å². The van der Waals surface area contributed by atoms with Crippen molar-refractivity contribution in [2.45, 2.75) is 18.7 Å². The Morgan fingerprint density at radius 1 is 1.11 bits per heavy atom. The SMILES string of the molecule is CCN(CC)S(=O)(=O)c1cncc2ccccc12. The molecular formula is C13H16N2O2S. The number of hydrogen-bond donors (Lipinski definition) is 0. The summed E-state index contributed by atoms with van der Waals surface area (Å²) >= 11 is 0. The zero-order valence-electron chi connectivity index (χ0n) is 10.5. The first-order valence-electron chi connectivity index (χ1n) is 5.94. The average Bonchev–Trinajstić information content (AvgIpc) is 2.39. The first-order valence-corrected chi connectivity index (χ1v) is 7.38. The molecule has 0 aliphatic heterocycles. The molecular weight excluding hydrogens is 248 g/mol. The summed E-state index contributed by atoms with van der Waals surface area (Å²) in [7, 11) is -3.46. The van der Waals surface area contributed by atoms with Gasteiger partial charge in [0.05, 0.1) is 0 Å². The second-order valence-corrected chi connectivity index (χ2v) is 5.85. The minimum Gasteiger partial charge on any atom is -0.263 e. The molecule has 5 heteroatoms. The number of hydrogen-bond acceptors (Lipinski definition) is 3. The van der Waals surface area contributed by atoms with Crippen LogP contribution in [0.25, 0.3) is 10.8 Å². The van der Waals surface area contributed by atoms with Crippen molar-refractivity contribution in [3.63, 3.8) is 0 Å². The quantitative estimate of drug-likeness (QED) is 0.851. The van der Waals surface area contributed by atoms with E-state index in [1.54, 1.807) is 6.20 Å². The molecule has 0 saturated carbocycles. The lowest BCUT2D eigenvalue weighted by Crippen LogP contribution is -2.30. The Hall–Kier alpha value is -1.46. The average molecular weight is 264 g/mol. The number of fused-ring (bicyclic) bond motifs is 1. The van der Waals surface area contributed by atoms with E-state index in [-0.39, 0.29) is 4.90 Å². The summed E-state index contributed by atoms with van der Waals surface area (Å²) in [5.41, 5.74) is 0. The highest BCUT2D eigenvalue weighted by Gasteiger charge is 2.23. The van der Waals surface area contributed by atoms with Gasteiger partial charge < -0.3 is 0 Å². The second kappa shape index (κ2) is 5.04. The van der Waals surface area contributed by atoms with Gasteiger partial charge in [0.25, 0.3) is 0 Å². The van der Waals surface area contributed by atoms with Crippen molar-refractivity contribution < 1.29 is 8.42 Å². The predicted molar refractivity (Wildman–Crippen MR) is 71.8 cm³/mol. The molecule has 0 aliphatic rings. The lowest BCUT2D eigenvalue weighted by Gasteiger charge is -2.19. The van der Waals surface area contributed by atoms with E-state index in [2.05, 4.69) is 4.98 Å². The molecule has 2 rings (SSSR count). The third kappa shape index (κ3) is 2.11. The summed E-state index contributed by atoms with van der Waals surface area (Å²) in [5.74, 6) is 0. The van der Waals surface area contributed by atoms with Crippen LogP contribution in [0.5, 0.6) is 0 Å². The standard InChI is InChI=1S/C13H16N2O2S/c1-3-15(4-2)18(16,17)13-10-14-9-11-7-5-6-8-12(11)13/h5-10H,3-4H2,1-2H3. The molecule has 0 bridgehead atoms. The molecule has 0 saturated heterocycles. The molecule has 1 aromatic carbocycles. The Morgan fingerprint density at radius 2 is 1.78 bits per heavy atom. The fourth-order valence-corrected chi connectivity index (χ4v) is 3.61. The van der Waals surface area contributed by atoms with Crippen LogP contribution in [0.15, 0.2) is 41.6 Å². The van der Waals surface area contributed by atoms with Crippen LogP contribution in [0.2, 0.25) is 0 Å². The van der Waals surface area contributed by atoms with Gasteiger partial charge in [-0.25, -0.2) is 8.42 Å². The maximum atomic E-state index is 12.5. The highest BCUT2D eigenvalue weighted by atomic mass is 32.2. The molecule has 4 nitrogen and oxygen atoms in total. The van der Waals surface area contributed by atoms with Crippen LogP contribution in [0.3, 0.4) is 0 Å². The van der Waals surface area contributed by atoms with Gasteiger partial charge in [-0.1, -0.05) is 38.1 Å². The number of aromatic nitrogens is 1. The van der Waals surface area contributed by atoms with Crippen molar-refractivity contribution in [1.29, 1.82) is 0 Å². The van der Waals surface area contributed by atoms with Gasteiger partial charge in [0.15, 0.2) is 0 Å². The van der Waals surface area contributed by atoms with Gasteiger partial charge in [-0.2, -0.15) is 4.31 Å². The number of pyridine rings is 1. The minimum absolute atomic E-state index is 0.282. The lowest BCUT2D eigenvalue weighted by atomic mass is 10.2. The first-order chi connectivity index (χ1) is 8.61. The highest BCUT2D eigenvalue weighted by molar-refractivity contribution is 7.89. The summed E-state index contributed by atoms with van der Waals surface area (Å²) in [6.07, 6.45) is 3.10. The maximum Gasteiger partial charge on any atom is 0.245 e. The highest BCUT2D eigenvalue weighted by Crippen LogP contribution is 2.24. The predicted octanol–water partition coefficient (Wildman–Crippen LogP) is 2.27. The van der Waals surface area contributed by atoms with E-state index in [4.69, 9.17) is 0 Å². The molecule has 0 spiro atoms. The van der Waals surface area contributed by atoms with Crippen LogP contribution < -0.4 is 0 Å². The van der Waals surface area contributed by atoms with Crippen LogP contribution in [0.4, 0.5) is 0 Å². The molecule has 2 aromatic rings. The number of benzene rings is 1. The van der Waals surface area contributed by atoms with E-state index >= 15 is 0 Å². The molecule has 0 unspecified atom stereocenters. The van der Waals surface area contributed by atoms with E-state index in [1.165, 1.54) is 10.5 Å². The Bertz CT molecular complexity index is 644. The number of sulfonamides is 1. The zero-order chi connectivity index (χ0) is 13.2. The summed E-state index contributed by atoms with van der Waals surface area (Å²) in [6, 6.07) is 7.39. The minimum atomic E-state index is -3.46. The Kier molecular flexibility index (Phi) is 3.63. The van der Waals surface area contributed by atoms with Gasteiger partial charge in [0.1, 0.15) is 4.90 Å². The molecule has 0 N–H and O–H groups in total. The van der Waals surface area contributed by atoms with E-state index in [1.807, 2.05) is 38.1 Å². The number of nitrogens with zero attached hydrogens (tertiary/aromatic N) is 2. The second-order valence-electron chi connectivity index (χ2n) is 3.95.